The number of carboxylic acid groups (broad SMARTS) is 1. The molecule has 0 bridgehead atoms. The molecule has 0 fully saturated rings. The molecule has 1 N–H and O–H groups in total. The van der Waals surface area contributed by atoms with Gasteiger partial charge in [0.25, 0.3) is 10.0 Å². The second-order valence-corrected chi connectivity index (χ2v) is 10.8. The first-order valence-corrected chi connectivity index (χ1v) is 13.1. The van der Waals surface area contributed by atoms with Crippen LogP contribution in [0, 0.1) is 0 Å². The van der Waals surface area contributed by atoms with Crippen molar-refractivity contribution in [2.75, 3.05) is 4.31 Å². The van der Waals surface area contributed by atoms with E-state index in [9.17, 15) is 26.4 Å². The van der Waals surface area contributed by atoms with E-state index in [4.69, 9.17) is 14.6 Å². The molecule has 3 aromatic rings. The molecule has 0 heterocycles. The standard InChI is InChI=1S/C27H28F3NO6S/c1-17(2)31(38(34,35)23-12-10-22(11-13-23)37-18(3)4)24-14-9-21(27(28,29)30)15-25(24)36-16-19-5-7-20(8-6-19)26(32)33/h5-15,17-18H,16H2,1-4H3,(H,32,33). The summed E-state index contributed by atoms with van der Waals surface area (Å²) < 4.78 is 80.2. The van der Waals surface area contributed by atoms with Crippen LogP contribution in [0.15, 0.2) is 71.6 Å². The highest BCUT2D eigenvalue weighted by molar-refractivity contribution is 7.92. The van der Waals surface area contributed by atoms with Gasteiger partial charge >= 0.3 is 12.1 Å². The van der Waals surface area contributed by atoms with E-state index >= 15 is 0 Å². The lowest BCUT2D eigenvalue weighted by molar-refractivity contribution is -0.137. The molecule has 0 saturated carbocycles. The largest absolute Gasteiger partial charge is 0.491 e. The Labute approximate surface area is 219 Å². The Morgan fingerprint density at radius 3 is 2.05 bits per heavy atom. The molecule has 0 radical (unpaired) electrons. The Hall–Kier alpha value is -3.73. The maximum atomic E-state index is 13.7. The van der Waals surface area contributed by atoms with Gasteiger partial charge in [-0.15, -0.1) is 0 Å². The highest BCUT2D eigenvalue weighted by atomic mass is 32.2. The predicted molar refractivity (Wildman–Crippen MR) is 136 cm³/mol. The van der Waals surface area contributed by atoms with Gasteiger partial charge in [-0.05, 0) is 87.9 Å². The summed E-state index contributed by atoms with van der Waals surface area (Å²) in [7, 11) is -4.22. The molecule has 0 aliphatic rings. The van der Waals surface area contributed by atoms with Gasteiger partial charge < -0.3 is 14.6 Å². The Bertz CT molecular complexity index is 1370. The molecule has 0 saturated heterocycles. The Morgan fingerprint density at radius 2 is 1.55 bits per heavy atom. The number of ether oxygens (including phenoxy) is 2. The molecular formula is C27H28F3NO6S. The fourth-order valence-corrected chi connectivity index (χ4v) is 5.33. The van der Waals surface area contributed by atoms with Crippen LogP contribution < -0.4 is 13.8 Å². The van der Waals surface area contributed by atoms with Gasteiger partial charge in [-0.3, -0.25) is 4.31 Å². The summed E-state index contributed by atoms with van der Waals surface area (Å²) in [5.41, 5.74) is -0.556. The lowest BCUT2D eigenvalue weighted by Crippen LogP contribution is -2.37. The number of anilines is 1. The highest BCUT2D eigenvalue weighted by Crippen LogP contribution is 2.40. The molecule has 0 aliphatic carbocycles. The summed E-state index contributed by atoms with van der Waals surface area (Å²) in [5.74, 6) is -0.944. The molecular weight excluding hydrogens is 523 g/mol. The molecule has 0 amide bonds. The third-order valence-electron chi connectivity index (χ3n) is 5.34. The average molecular weight is 552 g/mol. The van der Waals surface area contributed by atoms with E-state index in [0.29, 0.717) is 11.3 Å². The van der Waals surface area contributed by atoms with Crippen molar-refractivity contribution < 1.29 is 41.0 Å². The number of benzene rings is 3. The van der Waals surface area contributed by atoms with Crippen molar-refractivity contribution in [2.45, 2.75) is 57.5 Å². The monoisotopic (exact) mass is 551 g/mol. The Kier molecular flexibility index (Phi) is 8.61. The van der Waals surface area contributed by atoms with Crippen LogP contribution in [0.3, 0.4) is 0 Å². The number of nitrogens with zero attached hydrogens (tertiary/aromatic N) is 1. The lowest BCUT2D eigenvalue weighted by atomic mass is 10.1. The number of hydrogen-bond donors (Lipinski definition) is 1. The minimum atomic E-state index is -4.69. The smallest absolute Gasteiger partial charge is 0.416 e. The number of carboxylic acids is 1. The summed E-state index contributed by atoms with van der Waals surface area (Å²) in [5, 5.41) is 9.06. The summed E-state index contributed by atoms with van der Waals surface area (Å²) in [6, 6.07) is 13.3. The Morgan fingerprint density at radius 1 is 0.947 bits per heavy atom. The topological polar surface area (TPSA) is 93.1 Å². The van der Waals surface area contributed by atoms with Crippen LogP contribution in [0.25, 0.3) is 0 Å². The number of alkyl halides is 3. The zero-order valence-corrected chi connectivity index (χ0v) is 22.0. The third-order valence-corrected chi connectivity index (χ3v) is 7.35. The number of halogens is 3. The van der Waals surface area contributed by atoms with Gasteiger partial charge in [-0.1, -0.05) is 12.1 Å². The van der Waals surface area contributed by atoms with Crippen molar-refractivity contribution in [3.05, 3.63) is 83.4 Å². The SMILES string of the molecule is CC(C)Oc1ccc(S(=O)(=O)N(c2ccc(C(F)(F)F)cc2OCc2ccc(C(=O)O)cc2)C(C)C)cc1. The second kappa shape index (κ2) is 11.3. The molecule has 0 unspecified atom stereocenters. The first-order valence-electron chi connectivity index (χ1n) is 11.7. The fraction of sp³-hybridized carbons (Fsp3) is 0.296. The van der Waals surface area contributed by atoms with E-state index in [-0.39, 0.29) is 34.6 Å². The van der Waals surface area contributed by atoms with Crippen molar-refractivity contribution in [3.8, 4) is 11.5 Å². The van der Waals surface area contributed by atoms with Crippen molar-refractivity contribution in [1.82, 2.24) is 0 Å². The van der Waals surface area contributed by atoms with Crippen molar-refractivity contribution in [2.24, 2.45) is 0 Å². The normalized spacial score (nSPS) is 12.0. The predicted octanol–water partition coefficient (Wildman–Crippen LogP) is 6.37. The zero-order valence-electron chi connectivity index (χ0n) is 21.2. The van der Waals surface area contributed by atoms with E-state index in [2.05, 4.69) is 0 Å². The van der Waals surface area contributed by atoms with Gasteiger partial charge in [0, 0.05) is 6.04 Å². The van der Waals surface area contributed by atoms with Gasteiger partial charge in [0.1, 0.15) is 18.1 Å². The summed E-state index contributed by atoms with van der Waals surface area (Å²) in [6.45, 7) is 6.64. The molecule has 3 aromatic carbocycles. The van der Waals surface area contributed by atoms with Crippen LogP contribution in [0.1, 0.15) is 49.2 Å². The van der Waals surface area contributed by atoms with Gasteiger partial charge in [0.2, 0.25) is 0 Å². The number of carbonyl (C=O) groups is 1. The van der Waals surface area contributed by atoms with Crippen LogP contribution in [-0.4, -0.2) is 31.6 Å². The van der Waals surface area contributed by atoms with Crippen LogP contribution in [0.5, 0.6) is 11.5 Å². The number of rotatable bonds is 10. The van der Waals surface area contributed by atoms with Gasteiger partial charge in [-0.2, -0.15) is 13.2 Å². The highest BCUT2D eigenvalue weighted by Gasteiger charge is 2.34. The molecule has 204 valence electrons. The van der Waals surface area contributed by atoms with Crippen LogP contribution in [0.2, 0.25) is 0 Å². The quantitative estimate of drug-likeness (QED) is 0.315. The molecule has 0 spiro atoms. The maximum Gasteiger partial charge on any atom is 0.416 e. The minimum absolute atomic E-state index is 0.0374. The van der Waals surface area contributed by atoms with E-state index in [1.54, 1.807) is 13.8 Å². The van der Waals surface area contributed by atoms with Gasteiger partial charge in [-0.25, -0.2) is 13.2 Å². The molecule has 0 aromatic heterocycles. The van der Waals surface area contributed by atoms with Crippen LogP contribution in [-0.2, 0) is 22.8 Å². The summed E-state index contributed by atoms with van der Waals surface area (Å²) >= 11 is 0. The van der Waals surface area contributed by atoms with E-state index in [1.807, 2.05) is 13.8 Å². The Balaban J connectivity index is 2.03. The molecule has 38 heavy (non-hydrogen) atoms. The van der Waals surface area contributed by atoms with E-state index < -0.39 is 33.8 Å². The fourth-order valence-electron chi connectivity index (χ4n) is 3.65. The number of sulfonamides is 1. The first kappa shape index (κ1) is 28.8. The molecule has 7 nitrogen and oxygen atoms in total. The van der Waals surface area contributed by atoms with Gasteiger partial charge in [0.15, 0.2) is 0 Å². The summed E-state index contributed by atoms with van der Waals surface area (Å²) in [4.78, 5) is 11.0. The van der Waals surface area contributed by atoms with E-state index in [1.165, 1.54) is 48.5 Å². The van der Waals surface area contributed by atoms with Crippen molar-refractivity contribution >= 4 is 21.7 Å². The molecule has 11 heteroatoms. The minimum Gasteiger partial charge on any atom is -0.491 e. The first-order chi connectivity index (χ1) is 17.7. The molecule has 0 atom stereocenters. The average Bonchev–Trinajstić information content (AvgIpc) is 2.82. The summed E-state index contributed by atoms with van der Waals surface area (Å²) in [6.07, 6.45) is -4.80. The zero-order chi connectivity index (χ0) is 28.3. The van der Waals surface area contributed by atoms with E-state index in [0.717, 1.165) is 22.5 Å². The number of aromatic carboxylic acids is 1. The van der Waals surface area contributed by atoms with Crippen molar-refractivity contribution in [1.29, 1.82) is 0 Å². The van der Waals surface area contributed by atoms with Crippen LogP contribution in [0.4, 0.5) is 18.9 Å². The molecule has 3 rings (SSSR count). The maximum absolute atomic E-state index is 13.7. The number of hydrogen-bond acceptors (Lipinski definition) is 5. The van der Waals surface area contributed by atoms with Crippen molar-refractivity contribution in [3.63, 3.8) is 0 Å². The molecule has 0 aliphatic heterocycles. The second-order valence-electron chi connectivity index (χ2n) is 9.00. The third kappa shape index (κ3) is 6.77. The van der Waals surface area contributed by atoms with Gasteiger partial charge in [0.05, 0.1) is 27.8 Å². The van der Waals surface area contributed by atoms with Crippen LogP contribution >= 0.6 is 0 Å². The lowest BCUT2D eigenvalue weighted by Gasteiger charge is -2.30.